The molecule has 1 fully saturated rings. The molecule has 3 heteroatoms. The van der Waals surface area contributed by atoms with Crippen molar-refractivity contribution in [2.45, 2.75) is 18.8 Å². The predicted molar refractivity (Wildman–Crippen MR) is 61.7 cm³/mol. The van der Waals surface area contributed by atoms with Crippen LogP contribution in [0, 0.1) is 11.7 Å². The van der Waals surface area contributed by atoms with E-state index in [-0.39, 0.29) is 17.2 Å². The van der Waals surface area contributed by atoms with Crippen molar-refractivity contribution < 1.29 is 9.13 Å². The normalized spacial score (nSPS) is 20.2. The number of hydrogen-bond donors (Lipinski definition) is 1. The summed E-state index contributed by atoms with van der Waals surface area (Å²) in [7, 11) is 0. The molecule has 0 bridgehead atoms. The molecule has 0 saturated carbocycles. The van der Waals surface area contributed by atoms with Gasteiger partial charge in [0.05, 0.1) is 13.2 Å². The van der Waals surface area contributed by atoms with Crippen molar-refractivity contribution in [2.75, 3.05) is 19.8 Å². The standard InChI is InChI=1S/C13H18FNO/c1-2-10(7-15)13(8-16-9-13)11-5-3-4-6-12(11)14/h3-6,10H,2,7-9,15H2,1H3. The van der Waals surface area contributed by atoms with Gasteiger partial charge in [0.15, 0.2) is 0 Å². The largest absolute Gasteiger partial charge is 0.379 e. The molecule has 0 aromatic heterocycles. The van der Waals surface area contributed by atoms with Gasteiger partial charge in [0.25, 0.3) is 0 Å². The summed E-state index contributed by atoms with van der Waals surface area (Å²) in [6.07, 6.45) is 0.953. The van der Waals surface area contributed by atoms with Crippen molar-refractivity contribution in [3.8, 4) is 0 Å². The van der Waals surface area contributed by atoms with Crippen LogP contribution in [0.2, 0.25) is 0 Å². The van der Waals surface area contributed by atoms with E-state index in [0.29, 0.717) is 19.8 Å². The summed E-state index contributed by atoms with van der Waals surface area (Å²) in [6.45, 7) is 3.85. The Morgan fingerprint density at radius 3 is 2.56 bits per heavy atom. The summed E-state index contributed by atoms with van der Waals surface area (Å²) in [6, 6.07) is 6.96. The maximum Gasteiger partial charge on any atom is 0.127 e. The zero-order valence-corrected chi connectivity index (χ0v) is 9.58. The summed E-state index contributed by atoms with van der Waals surface area (Å²) in [5, 5.41) is 0. The first-order valence-corrected chi connectivity index (χ1v) is 5.77. The summed E-state index contributed by atoms with van der Waals surface area (Å²) in [4.78, 5) is 0. The van der Waals surface area contributed by atoms with Gasteiger partial charge in [-0.1, -0.05) is 31.5 Å². The Morgan fingerprint density at radius 1 is 1.44 bits per heavy atom. The first-order chi connectivity index (χ1) is 7.74. The van der Waals surface area contributed by atoms with Crippen LogP contribution in [0.4, 0.5) is 4.39 Å². The van der Waals surface area contributed by atoms with Gasteiger partial charge in [0.2, 0.25) is 0 Å². The van der Waals surface area contributed by atoms with Gasteiger partial charge in [0, 0.05) is 5.41 Å². The Bertz CT molecular complexity index is 359. The van der Waals surface area contributed by atoms with Crippen molar-refractivity contribution in [1.29, 1.82) is 0 Å². The van der Waals surface area contributed by atoms with E-state index in [9.17, 15) is 4.39 Å². The highest BCUT2D eigenvalue weighted by Gasteiger charge is 2.47. The van der Waals surface area contributed by atoms with E-state index in [1.54, 1.807) is 6.07 Å². The minimum atomic E-state index is -0.200. The molecule has 1 atom stereocenters. The van der Waals surface area contributed by atoms with Crippen molar-refractivity contribution >= 4 is 0 Å². The van der Waals surface area contributed by atoms with Crippen LogP contribution in [0.1, 0.15) is 18.9 Å². The number of nitrogens with two attached hydrogens (primary N) is 1. The van der Waals surface area contributed by atoms with Gasteiger partial charge >= 0.3 is 0 Å². The van der Waals surface area contributed by atoms with Crippen LogP contribution in [0.3, 0.4) is 0 Å². The Kier molecular flexibility index (Phi) is 3.26. The average Bonchev–Trinajstić information content (AvgIpc) is 2.25. The van der Waals surface area contributed by atoms with E-state index in [2.05, 4.69) is 6.92 Å². The molecule has 1 heterocycles. The molecular formula is C13H18FNO. The molecule has 16 heavy (non-hydrogen) atoms. The lowest BCUT2D eigenvalue weighted by Crippen LogP contribution is -2.54. The Balaban J connectivity index is 2.38. The van der Waals surface area contributed by atoms with E-state index in [0.717, 1.165) is 12.0 Å². The number of ether oxygens (including phenoxy) is 1. The Labute approximate surface area is 95.6 Å². The van der Waals surface area contributed by atoms with Crippen LogP contribution in [0.15, 0.2) is 24.3 Å². The van der Waals surface area contributed by atoms with Crippen molar-refractivity contribution in [1.82, 2.24) is 0 Å². The van der Waals surface area contributed by atoms with Gasteiger partial charge in [0.1, 0.15) is 5.82 Å². The van der Waals surface area contributed by atoms with Crippen LogP contribution >= 0.6 is 0 Å². The summed E-state index contributed by atoms with van der Waals surface area (Å²) < 4.78 is 19.2. The molecule has 2 nitrogen and oxygen atoms in total. The van der Waals surface area contributed by atoms with E-state index in [1.165, 1.54) is 6.07 Å². The second-order valence-electron chi connectivity index (χ2n) is 4.47. The number of benzene rings is 1. The fourth-order valence-corrected chi connectivity index (χ4v) is 2.58. The van der Waals surface area contributed by atoms with Gasteiger partial charge in [-0.05, 0) is 24.1 Å². The zero-order valence-electron chi connectivity index (χ0n) is 9.58. The fraction of sp³-hybridized carbons (Fsp3) is 0.538. The lowest BCUT2D eigenvalue weighted by Gasteiger charge is -2.47. The third kappa shape index (κ3) is 1.64. The third-order valence-electron chi connectivity index (χ3n) is 3.69. The minimum Gasteiger partial charge on any atom is -0.379 e. The molecule has 0 radical (unpaired) electrons. The molecule has 1 saturated heterocycles. The maximum absolute atomic E-state index is 13.8. The number of rotatable bonds is 4. The Hall–Kier alpha value is -0.930. The number of hydrogen-bond acceptors (Lipinski definition) is 2. The smallest absolute Gasteiger partial charge is 0.127 e. The average molecular weight is 223 g/mol. The molecule has 0 spiro atoms. The Morgan fingerprint density at radius 2 is 2.12 bits per heavy atom. The van der Waals surface area contributed by atoms with Crippen molar-refractivity contribution in [2.24, 2.45) is 11.7 Å². The van der Waals surface area contributed by atoms with Gasteiger partial charge in [-0.3, -0.25) is 0 Å². The van der Waals surface area contributed by atoms with Crippen LogP contribution in [-0.2, 0) is 10.2 Å². The molecule has 1 aromatic carbocycles. The quantitative estimate of drug-likeness (QED) is 0.848. The first-order valence-electron chi connectivity index (χ1n) is 5.77. The van der Waals surface area contributed by atoms with Crippen LogP contribution in [0.5, 0.6) is 0 Å². The molecule has 1 unspecified atom stereocenters. The van der Waals surface area contributed by atoms with Gasteiger partial charge in [-0.25, -0.2) is 4.39 Å². The minimum absolute atomic E-state index is 0.141. The molecular weight excluding hydrogens is 205 g/mol. The summed E-state index contributed by atoms with van der Waals surface area (Å²) in [5.74, 6) is 0.149. The molecule has 88 valence electrons. The van der Waals surface area contributed by atoms with Crippen LogP contribution in [-0.4, -0.2) is 19.8 Å². The molecule has 2 N–H and O–H groups in total. The molecule has 1 aromatic rings. The van der Waals surface area contributed by atoms with Crippen molar-refractivity contribution in [3.63, 3.8) is 0 Å². The molecule has 1 aliphatic rings. The number of halogens is 1. The third-order valence-corrected chi connectivity index (χ3v) is 3.69. The van der Waals surface area contributed by atoms with Crippen molar-refractivity contribution in [3.05, 3.63) is 35.6 Å². The first kappa shape index (κ1) is 11.6. The van der Waals surface area contributed by atoms with E-state index < -0.39 is 0 Å². The maximum atomic E-state index is 13.8. The van der Waals surface area contributed by atoms with Crippen LogP contribution in [0.25, 0.3) is 0 Å². The summed E-state index contributed by atoms with van der Waals surface area (Å²) in [5.41, 5.74) is 6.35. The zero-order chi connectivity index (χ0) is 11.6. The molecule has 0 amide bonds. The van der Waals surface area contributed by atoms with Gasteiger partial charge in [-0.15, -0.1) is 0 Å². The lowest BCUT2D eigenvalue weighted by molar-refractivity contribution is -0.0913. The second kappa shape index (κ2) is 4.52. The monoisotopic (exact) mass is 223 g/mol. The van der Waals surface area contributed by atoms with Crippen LogP contribution < -0.4 is 5.73 Å². The predicted octanol–water partition coefficient (Wildman–Crippen LogP) is 2.08. The van der Waals surface area contributed by atoms with Gasteiger partial charge in [-0.2, -0.15) is 0 Å². The van der Waals surface area contributed by atoms with E-state index in [1.807, 2.05) is 12.1 Å². The van der Waals surface area contributed by atoms with E-state index >= 15 is 0 Å². The molecule has 1 aliphatic heterocycles. The van der Waals surface area contributed by atoms with Gasteiger partial charge < -0.3 is 10.5 Å². The fourth-order valence-electron chi connectivity index (χ4n) is 2.58. The second-order valence-corrected chi connectivity index (χ2v) is 4.47. The SMILES string of the molecule is CCC(CN)C1(c2ccccc2F)COC1. The molecule has 0 aliphatic carbocycles. The highest BCUT2D eigenvalue weighted by atomic mass is 19.1. The topological polar surface area (TPSA) is 35.2 Å². The highest BCUT2D eigenvalue weighted by Crippen LogP contribution is 2.41. The summed E-state index contributed by atoms with van der Waals surface area (Å²) >= 11 is 0. The van der Waals surface area contributed by atoms with E-state index in [4.69, 9.17) is 10.5 Å². The molecule has 2 rings (SSSR count). The highest BCUT2D eigenvalue weighted by molar-refractivity contribution is 5.31. The lowest BCUT2D eigenvalue weighted by atomic mass is 9.67.